The summed E-state index contributed by atoms with van der Waals surface area (Å²) in [5, 5.41) is 0. The van der Waals surface area contributed by atoms with Crippen molar-refractivity contribution in [3.63, 3.8) is 0 Å². The van der Waals surface area contributed by atoms with Crippen molar-refractivity contribution in [2.75, 3.05) is 6.54 Å². The molecule has 4 nitrogen and oxygen atoms in total. The van der Waals surface area contributed by atoms with Crippen LogP contribution in [0.25, 0.3) is 0 Å². The van der Waals surface area contributed by atoms with E-state index in [0.29, 0.717) is 18.9 Å². The molecule has 0 aromatic heterocycles. The van der Waals surface area contributed by atoms with Gasteiger partial charge in [0, 0.05) is 18.2 Å². The Balaban J connectivity index is 0.00000220. The predicted molar refractivity (Wildman–Crippen MR) is 81.9 cm³/mol. The van der Waals surface area contributed by atoms with Crippen molar-refractivity contribution in [2.45, 2.75) is 36.1 Å². The number of rotatable bonds is 4. The van der Waals surface area contributed by atoms with Crippen molar-refractivity contribution in [1.82, 2.24) is 4.72 Å². The zero-order chi connectivity index (χ0) is 15.0. The monoisotopic (exact) mass is 404 g/mol. The minimum atomic E-state index is -4.09. The Labute approximate surface area is 137 Å². The largest absolute Gasteiger partial charge is 0.329 e. The molecular formula is C12H16BrClF2N2O2S. The number of nitrogens with two attached hydrogens (primary N) is 1. The summed E-state index contributed by atoms with van der Waals surface area (Å²) in [6.07, 6.45) is 2.98. The molecule has 1 aliphatic rings. The maximum absolute atomic E-state index is 13.7. The molecule has 0 saturated heterocycles. The van der Waals surface area contributed by atoms with Crippen molar-refractivity contribution >= 4 is 38.4 Å². The van der Waals surface area contributed by atoms with E-state index >= 15 is 0 Å². The number of benzene rings is 1. The van der Waals surface area contributed by atoms with E-state index in [9.17, 15) is 17.2 Å². The normalized spacial score (nSPS) is 17.5. The summed E-state index contributed by atoms with van der Waals surface area (Å²) < 4.78 is 53.8. The fraction of sp³-hybridized carbons (Fsp3) is 0.500. The van der Waals surface area contributed by atoms with Crippen molar-refractivity contribution in [3.05, 3.63) is 28.2 Å². The van der Waals surface area contributed by atoms with Crippen LogP contribution in [0.2, 0.25) is 0 Å². The minimum absolute atomic E-state index is 0. The average molecular weight is 406 g/mol. The highest BCUT2D eigenvalue weighted by atomic mass is 79.9. The highest BCUT2D eigenvalue weighted by Gasteiger charge is 2.37. The first-order valence-electron chi connectivity index (χ1n) is 6.18. The lowest BCUT2D eigenvalue weighted by Crippen LogP contribution is -2.51. The molecule has 0 radical (unpaired) electrons. The number of hydrogen-bond donors (Lipinski definition) is 2. The van der Waals surface area contributed by atoms with Gasteiger partial charge in [0.25, 0.3) is 0 Å². The zero-order valence-corrected chi connectivity index (χ0v) is 14.3. The van der Waals surface area contributed by atoms with Gasteiger partial charge in [-0.25, -0.2) is 21.9 Å². The van der Waals surface area contributed by atoms with E-state index in [1.165, 1.54) is 0 Å². The Hall–Kier alpha value is -0.280. The lowest BCUT2D eigenvalue weighted by atomic mass is 10.0. The van der Waals surface area contributed by atoms with Gasteiger partial charge in [0.1, 0.15) is 16.5 Å². The molecule has 0 unspecified atom stereocenters. The summed E-state index contributed by atoms with van der Waals surface area (Å²) in [6, 6.07) is 1.47. The van der Waals surface area contributed by atoms with Crippen LogP contribution in [0.5, 0.6) is 0 Å². The smallest absolute Gasteiger partial charge is 0.244 e. The van der Waals surface area contributed by atoms with Crippen LogP contribution in [-0.4, -0.2) is 20.5 Å². The first-order chi connectivity index (χ1) is 9.30. The number of sulfonamides is 1. The Morgan fingerprint density at radius 3 is 2.33 bits per heavy atom. The van der Waals surface area contributed by atoms with Gasteiger partial charge in [-0.2, -0.15) is 0 Å². The summed E-state index contributed by atoms with van der Waals surface area (Å²) in [5.41, 5.74) is 4.93. The third kappa shape index (κ3) is 3.92. The summed E-state index contributed by atoms with van der Waals surface area (Å²) >= 11 is 2.86. The molecule has 0 amide bonds. The van der Waals surface area contributed by atoms with Gasteiger partial charge in [-0.15, -0.1) is 12.4 Å². The fourth-order valence-electron chi connectivity index (χ4n) is 2.45. The first kappa shape index (κ1) is 18.8. The summed E-state index contributed by atoms with van der Waals surface area (Å²) in [6.45, 7) is 0.149. The second-order valence-electron chi connectivity index (χ2n) is 4.99. The summed E-state index contributed by atoms with van der Waals surface area (Å²) in [5.74, 6) is -1.97. The standard InChI is InChI=1S/C12H15BrF2N2O2S.ClH/c13-8-5-11(10(15)6-9(8)14)20(18,19)17-12(7-16)3-1-2-4-12;/h5-6,17H,1-4,7,16H2;1H. The quantitative estimate of drug-likeness (QED) is 0.757. The van der Waals surface area contributed by atoms with E-state index in [1.807, 2.05) is 0 Å². The Morgan fingerprint density at radius 1 is 1.24 bits per heavy atom. The molecule has 120 valence electrons. The van der Waals surface area contributed by atoms with Gasteiger partial charge in [-0.1, -0.05) is 12.8 Å². The van der Waals surface area contributed by atoms with Gasteiger partial charge in [-0.05, 0) is 34.8 Å². The summed E-state index contributed by atoms with van der Waals surface area (Å²) in [7, 11) is -4.09. The van der Waals surface area contributed by atoms with Crippen LogP contribution in [0.4, 0.5) is 8.78 Å². The third-order valence-corrected chi connectivity index (χ3v) is 5.77. The molecule has 0 aliphatic heterocycles. The molecule has 3 N–H and O–H groups in total. The zero-order valence-electron chi connectivity index (χ0n) is 11.0. The molecule has 1 aromatic carbocycles. The molecule has 1 aromatic rings. The molecule has 1 aliphatic carbocycles. The highest BCUT2D eigenvalue weighted by Crippen LogP contribution is 2.31. The van der Waals surface area contributed by atoms with Crippen molar-refractivity contribution in [3.8, 4) is 0 Å². The van der Waals surface area contributed by atoms with Crippen LogP contribution >= 0.6 is 28.3 Å². The van der Waals surface area contributed by atoms with Crippen LogP contribution in [0.3, 0.4) is 0 Å². The van der Waals surface area contributed by atoms with Gasteiger partial charge in [0.15, 0.2) is 0 Å². The lowest BCUT2D eigenvalue weighted by molar-refractivity contribution is 0.398. The van der Waals surface area contributed by atoms with Crippen molar-refractivity contribution < 1.29 is 17.2 Å². The molecule has 0 bridgehead atoms. The molecule has 9 heteroatoms. The van der Waals surface area contributed by atoms with Crippen LogP contribution in [0.1, 0.15) is 25.7 Å². The Kier molecular flexibility index (Phi) is 6.14. The molecular weight excluding hydrogens is 390 g/mol. The molecule has 0 spiro atoms. The lowest BCUT2D eigenvalue weighted by Gasteiger charge is -2.28. The van der Waals surface area contributed by atoms with Crippen molar-refractivity contribution in [2.24, 2.45) is 5.73 Å². The topological polar surface area (TPSA) is 72.2 Å². The van der Waals surface area contributed by atoms with E-state index in [-0.39, 0.29) is 23.4 Å². The second-order valence-corrected chi connectivity index (χ2v) is 7.50. The molecule has 21 heavy (non-hydrogen) atoms. The number of halogens is 4. The molecule has 0 atom stereocenters. The summed E-state index contributed by atoms with van der Waals surface area (Å²) in [4.78, 5) is -0.578. The highest BCUT2D eigenvalue weighted by molar-refractivity contribution is 9.10. The van der Waals surface area contributed by atoms with E-state index in [0.717, 1.165) is 18.9 Å². The Bertz CT molecular complexity index is 622. The van der Waals surface area contributed by atoms with Crippen LogP contribution in [0, 0.1) is 11.6 Å². The van der Waals surface area contributed by atoms with Gasteiger partial charge in [-0.3, -0.25) is 0 Å². The first-order valence-corrected chi connectivity index (χ1v) is 8.46. The van der Waals surface area contributed by atoms with E-state index in [1.54, 1.807) is 0 Å². The average Bonchev–Trinajstić information content (AvgIpc) is 2.82. The molecule has 1 fully saturated rings. The minimum Gasteiger partial charge on any atom is -0.329 e. The molecule has 0 heterocycles. The van der Waals surface area contributed by atoms with E-state index < -0.39 is 32.1 Å². The number of hydrogen-bond acceptors (Lipinski definition) is 3. The number of nitrogens with one attached hydrogen (secondary N) is 1. The van der Waals surface area contributed by atoms with Gasteiger partial charge in [0.05, 0.1) is 4.47 Å². The molecule has 2 rings (SSSR count). The van der Waals surface area contributed by atoms with E-state index in [4.69, 9.17) is 5.73 Å². The Morgan fingerprint density at radius 2 is 1.81 bits per heavy atom. The second kappa shape index (κ2) is 6.87. The van der Waals surface area contributed by atoms with Crippen LogP contribution < -0.4 is 10.5 Å². The molecule has 1 saturated carbocycles. The van der Waals surface area contributed by atoms with Crippen LogP contribution in [0.15, 0.2) is 21.5 Å². The maximum atomic E-state index is 13.7. The fourth-order valence-corrected chi connectivity index (χ4v) is 4.50. The third-order valence-electron chi connectivity index (χ3n) is 3.57. The predicted octanol–water partition coefficient (Wildman–Crippen LogP) is 2.70. The SMILES string of the molecule is Cl.NCC1(NS(=O)(=O)c2cc(Br)c(F)cc2F)CCCC1. The van der Waals surface area contributed by atoms with Gasteiger partial charge in [0.2, 0.25) is 10.0 Å². The van der Waals surface area contributed by atoms with Crippen LogP contribution in [-0.2, 0) is 10.0 Å². The maximum Gasteiger partial charge on any atom is 0.244 e. The van der Waals surface area contributed by atoms with E-state index in [2.05, 4.69) is 20.7 Å². The van der Waals surface area contributed by atoms with Gasteiger partial charge < -0.3 is 5.73 Å². The van der Waals surface area contributed by atoms with Crippen molar-refractivity contribution in [1.29, 1.82) is 0 Å². The van der Waals surface area contributed by atoms with Gasteiger partial charge >= 0.3 is 0 Å².